The molecule has 0 saturated carbocycles. The van der Waals surface area contributed by atoms with Crippen molar-refractivity contribution in [1.29, 1.82) is 0 Å². The van der Waals surface area contributed by atoms with E-state index in [0.717, 1.165) is 16.5 Å². The van der Waals surface area contributed by atoms with Crippen LogP contribution in [0.4, 0.5) is 0 Å². The van der Waals surface area contributed by atoms with Crippen LogP contribution in [-0.2, 0) is 7.05 Å². The van der Waals surface area contributed by atoms with E-state index in [2.05, 4.69) is 38.2 Å². The van der Waals surface area contributed by atoms with Crippen molar-refractivity contribution in [3.8, 4) is 0 Å². The summed E-state index contributed by atoms with van der Waals surface area (Å²) < 4.78 is 3.86. The molecular weight excluding hydrogens is 270 g/mol. The highest BCUT2D eigenvalue weighted by Gasteiger charge is 2.07. The van der Waals surface area contributed by atoms with Gasteiger partial charge in [0, 0.05) is 29.7 Å². The Hall–Kier alpha value is -2.08. The lowest BCUT2D eigenvalue weighted by Crippen LogP contribution is -1.95. The van der Waals surface area contributed by atoms with Crippen molar-refractivity contribution in [2.24, 2.45) is 12.1 Å². The Bertz CT molecular complexity index is 784. The molecule has 0 aliphatic rings. The normalized spacial score (nSPS) is 11.8. The summed E-state index contributed by atoms with van der Waals surface area (Å²) in [5.41, 5.74) is 2.28. The van der Waals surface area contributed by atoms with Gasteiger partial charge in [-0.3, -0.25) is 0 Å². The van der Waals surface area contributed by atoms with E-state index in [4.69, 9.17) is 0 Å². The van der Waals surface area contributed by atoms with Gasteiger partial charge in [0.1, 0.15) is 0 Å². The maximum absolute atomic E-state index is 4.50. The lowest BCUT2D eigenvalue weighted by atomic mass is 10.2. The van der Waals surface area contributed by atoms with Gasteiger partial charge in [-0.05, 0) is 19.2 Å². The summed E-state index contributed by atoms with van der Waals surface area (Å²) in [6.45, 7) is 1.90. The van der Waals surface area contributed by atoms with Crippen molar-refractivity contribution in [3.63, 3.8) is 0 Å². The van der Waals surface area contributed by atoms with Gasteiger partial charge in [-0.1, -0.05) is 30.0 Å². The first-order chi connectivity index (χ1) is 9.70. The second kappa shape index (κ2) is 5.13. The molecule has 0 aliphatic heterocycles. The van der Waals surface area contributed by atoms with Crippen molar-refractivity contribution in [2.75, 3.05) is 6.26 Å². The standard InChI is InChI=1S/C14H15N5S/c1-10-16-17-14(20-3)19(10)15-8-11-9-18(2)13-7-5-4-6-12(11)13/h4-9H,1-3H3/b15-8-. The lowest BCUT2D eigenvalue weighted by molar-refractivity contribution is 0.745. The average Bonchev–Trinajstić information content (AvgIpc) is 2.98. The number of benzene rings is 1. The highest BCUT2D eigenvalue weighted by atomic mass is 32.2. The first kappa shape index (κ1) is 12.9. The number of aromatic nitrogens is 4. The van der Waals surface area contributed by atoms with Crippen LogP contribution < -0.4 is 0 Å². The Morgan fingerprint density at radius 1 is 1.25 bits per heavy atom. The zero-order valence-electron chi connectivity index (χ0n) is 11.6. The molecule has 0 amide bonds. The molecule has 0 spiro atoms. The fourth-order valence-corrected chi connectivity index (χ4v) is 2.67. The number of rotatable bonds is 3. The maximum Gasteiger partial charge on any atom is 0.211 e. The van der Waals surface area contributed by atoms with Crippen LogP contribution in [0.2, 0.25) is 0 Å². The minimum atomic E-state index is 0.783. The van der Waals surface area contributed by atoms with Crippen LogP contribution in [0.15, 0.2) is 40.7 Å². The lowest BCUT2D eigenvalue weighted by Gasteiger charge is -1.98. The van der Waals surface area contributed by atoms with E-state index in [1.807, 2.05) is 38.6 Å². The molecule has 6 heteroatoms. The van der Waals surface area contributed by atoms with E-state index in [0.29, 0.717) is 0 Å². The number of thioether (sulfide) groups is 1. The summed E-state index contributed by atoms with van der Waals surface area (Å²) in [4.78, 5) is 0. The largest absolute Gasteiger partial charge is 0.350 e. The van der Waals surface area contributed by atoms with Crippen molar-refractivity contribution in [1.82, 2.24) is 19.4 Å². The molecular formula is C14H15N5S. The third kappa shape index (κ3) is 2.12. The average molecular weight is 285 g/mol. The SMILES string of the molecule is CSc1nnc(C)n1/N=C\c1cn(C)c2ccccc12. The zero-order valence-corrected chi connectivity index (χ0v) is 12.4. The van der Waals surface area contributed by atoms with Gasteiger partial charge < -0.3 is 4.57 Å². The van der Waals surface area contributed by atoms with Crippen LogP contribution in [0.1, 0.15) is 11.4 Å². The van der Waals surface area contributed by atoms with Gasteiger partial charge in [-0.2, -0.15) is 9.78 Å². The molecule has 5 nitrogen and oxygen atoms in total. The van der Waals surface area contributed by atoms with Gasteiger partial charge in [0.2, 0.25) is 5.16 Å². The molecule has 102 valence electrons. The van der Waals surface area contributed by atoms with Crippen LogP contribution in [0.3, 0.4) is 0 Å². The molecule has 0 bridgehead atoms. The van der Waals surface area contributed by atoms with Crippen molar-refractivity contribution in [2.45, 2.75) is 12.1 Å². The van der Waals surface area contributed by atoms with Gasteiger partial charge in [0.05, 0.1) is 6.21 Å². The molecule has 0 fully saturated rings. The molecule has 0 radical (unpaired) electrons. The maximum atomic E-state index is 4.50. The second-order valence-electron chi connectivity index (χ2n) is 4.50. The van der Waals surface area contributed by atoms with Crippen LogP contribution in [0.5, 0.6) is 0 Å². The molecule has 2 aromatic heterocycles. The monoisotopic (exact) mass is 285 g/mol. The number of hydrogen-bond acceptors (Lipinski definition) is 4. The predicted octanol–water partition coefficient (Wildman–Crippen LogP) is 2.68. The smallest absolute Gasteiger partial charge is 0.211 e. The Kier molecular flexibility index (Phi) is 3.31. The summed E-state index contributed by atoms with van der Waals surface area (Å²) >= 11 is 1.53. The molecule has 3 aromatic rings. The van der Waals surface area contributed by atoms with Crippen LogP contribution in [-0.4, -0.2) is 31.9 Å². The molecule has 0 saturated heterocycles. The molecule has 3 rings (SSSR count). The Labute approximate surface area is 121 Å². The molecule has 1 aromatic carbocycles. The summed E-state index contributed by atoms with van der Waals surface area (Å²) in [5, 5.41) is 14.6. The van der Waals surface area contributed by atoms with E-state index in [1.165, 1.54) is 22.7 Å². The van der Waals surface area contributed by atoms with E-state index in [1.54, 1.807) is 4.68 Å². The Morgan fingerprint density at radius 3 is 2.85 bits per heavy atom. The first-order valence-electron chi connectivity index (χ1n) is 6.25. The Morgan fingerprint density at radius 2 is 2.05 bits per heavy atom. The summed E-state index contributed by atoms with van der Waals surface area (Å²) in [7, 11) is 2.04. The fourth-order valence-electron chi connectivity index (χ4n) is 2.19. The van der Waals surface area contributed by atoms with E-state index < -0.39 is 0 Å². The minimum Gasteiger partial charge on any atom is -0.350 e. The number of fused-ring (bicyclic) bond motifs is 1. The van der Waals surface area contributed by atoms with Crippen LogP contribution in [0.25, 0.3) is 10.9 Å². The van der Waals surface area contributed by atoms with E-state index in [-0.39, 0.29) is 0 Å². The number of para-hydroxylation sites is 1. The highest BCUT2D eigenvalue weighted by molar-refractivity contribution is 7.98. The number of aryl methyl sites for hydroxylation is 2. The minimum absolute atomic E-state index is 0.783. The molecule has 2 heterocycles. The molecule has 0 atom stereocenters. The number of nitrogens with zero attached hydrogens (tertiary/aromatic N) is 5. The van der Waals surface area contributed by atoms with Crippen molar-refractivity contribution < 1.29 is 0 Å². The third-order valence-corrected chi connectivity index (χ3v) is 3.81. The van der Waals surface area contributed by atoms with Gasteiger partial charge in [0.25, 0.3) is 0 Å². The van der Waals surface area contributed by atoms with Gasteiger partial charge in [-0.25, -0.2) is 0 Å². The Balaban J connectivity index is 2.05. The van der Waals surface area contributed by atoms with E-state index >= 15 is 0 Å². The summed E-state index contributed by atoms with van der Waals surface area (Å²) in [5.74, 6) is 0.783. The number of hydrogen-bond donors (Lipinski definition) is 0. The zero-order chi connectivity index (χ0) is 14.1. The molecule has 20 heavy (non-hydrogen) atoms. The fraction of sp³-hybridized carbons (Fsp3) is 0.214. The topological polar surface area (TPSA) is 48.0 Å². The molecule has 0 N–H and O–H groups in total. The summed E-state index contributed by atoms with van der Waals surface area (Å²) in [6.07, 6.45) is 5.90. The van der Waals surface area contributed by atoms with Crippen LogP contribution >= 0.6 is 11.8 Å². The van der Waals surface area contributed by atoms with Crippen molar-refractivity contribution >= 4 is 28.9 Å². The highest BCUT2D eigenvalue weighted by Crippen LogP contribution is 2.19. The molecule has 0 aliphatic carbocycles. The van der Waals surface area contributed by atoms with Gasteiger partial charge >= 0.3 is 0 Å². The first-order valence-corrected chi connectivity index (χ1v) is 7.47. The van der Waals surface area contributed by atoms with Crippen LogP contribution in [0, 0.1) is 6.92 Å². The quantitative estimate of drug-likeness (QED) is 0.549. The van der Waals surface area contributed by atoms with Gasteiger partial charge in [0.15, 0.2) is 5.82 Å². The van der Waals surface area contributed by atoms with Gasteiger partial charge in [-0.15, -0.1) is 10.2 Å². The second-order valence-corrected chi connectivity index (χ2v) is 5.28. The summed E-state index contributed by atoms with van der Waals surface area (Å²) in [6, 6.07) is 8.28. The molecule has 0 unspecified atom stereocenters. The van der Waals surface area contributed by atoms with Crippen molar-refractivity contribution in [3.05, 3.63) is 41.9 Å². The van der Waals surface area contributed by atoms with E-state index in [9.17, 15) is 0 Å². The third-order valence-electron chi connectivity index (χ3n) is 3.19. The predicted molar refractivity (Wildman–Crippen MR) is 82.5 cm³/mol.